The fourth-order valence-corrected chi connectivity index (χ4v) is 7.77. The molecule has 0 radical (unpaired) electrons. The topological polar surface area (TPSA) is 90.4 Å². The van der Waals surface area contributed by atoms with E-state index in [0.29, 0.717) is 32.5 Å². The first-order chi connectivity index (χ1) is 17.9. The molecular formula is C29H43N3O5. The number of aliphatic hydroxyl groups excluding tert-OH is 1. The molecule has 0 bridgehead atoms. The van der Waals surface area contributed by atoms with Crippen molar-refractivity contribution in [3.63, 3.8) is 0 Å². The summed E-state index contributed by atoms with van der Waals surface area (Å²) in [5, 5.41) is 10.3. The van der Waals surface area contributed by atoms with Crippen LogP contribution in [0.2, 0.25) is 0 Å². The van der Waals surface area contributed by atoms with Gasteiger partial charge in [-0.3, -0.25) is 14.4 Å². The summed E-state index contributed by atoms with van der Waals surface area (Å²) in [6.45, 7) is 7.30. The van der Waals surface area contributed by atoms with E-state index in [1.54, 1.807) is 4.90 Å². The Balaban J connectivity index is 1.65. The number of aliphatic hydroxyl groups is 1. The SMILES string of the molecule is CCCN1CC=C[C@]2(CC)O[C@]34C=CCN(C5CCCCC5)C(=O)C3N([C@@H](CC)CO)C(=O)[C@@H]4[C@@H]2C1=O. The zero-order chi connectivity index (χ0) is 26.4. The number of fused-ring (bicyclic) bond motifs is 2. The first-order valence-electron chi connectivity index (χ1n) is 14.5. The third-order valence-electron chi connectivity index (χ3n) is 9.58. The molecule has 4 aliphatic heterocycles. The van der Waals surface area contributed by atoms with Gasteiger partial charge in [-0.15, -0.1) is 0 Å². The minimum atomic E-state index is -1.24. The van der Waals surface area contributed by atoms with Crippen LogP contribution in [-0.4, -0.2) is 93.1 Å². The Morgan fingerprint density at radius 3 is 2.35 bits per heavy atom. The molecule has 1 N–H and O–H groups in total. The highest BCUT2D eigenvalue weighted by molar-refractivity contribution is 6.00. The van der Waals surface area contributed by atoms with Crippen molar-refractivity contribution >= 4 is 17.7 Å². The maximum absolute atomic E-state index is 14.5. The van der Waals surface area contributed by atoms with E-state index in [4.69, 9.17) is 4.74 Å². The van der Waals surface area contributed by atoms with Gasteiger partial charge in [0.05, 0.1) is 30.1 Å². The first-order valence-corrected chi connectivity index (χ1v) is 14.5. The second-order valence-corrected chi connectivity index (χ2v) is 11.5. The third kappa shape index (κ3) is 3.89. The minimum absolute atomic E-state index is 0.0733. The molecule has 5 aliphatic rings. The van der Waals surface area contributed by atoms with Gasteiger partial charge in [0.2, 0.25) is 17.7 Å². The molecule has 2 saturated heterocycles. The summed E-state index contributed by atoms with van der Waals surface area (Å²) < 4.78 is 7.01. The van der Waals surface area contributed by atoms with Crippen LogP contribution < -0.4 is 0 Å². The molecule has 1 unspecified atom stereocenters. The molecule has 0 aromatic rings. The summed E-state index contributed by atoms with van der Waals surface area (Å²) >= 11 is 0. The van der Waals surface area contributed by atoms with Crippen LogP contribution in [-0.2, 0) is 19.1 Å². The highest BCUT2D eigenvalue weighted by Gasteiger charge is 2.75. The van der Waals surface area contributed by atoms with Crippen molar-refractivity contribution in [2.24, 2.45) is 11.8 Å². The van der Waals surface area contributed by atoms with Crippen LogP contribution in [0.4, 0.5) is 0 Å². The van der Waals surface area contributed by atoms with Crippen molar-refractivity contribution in [2.45, 2.75) is 101 Å². The number of rotatable bonds is 7. The lowest BCUT2D eigenvalue weighted by Gasteiger charge is -2.42. The lowest BCUT2D eigenvalue weighted by Crippen LogP contribution is -2.60. The van der Waals surface area contributed by atoms with E-state index in [-0.39, 0.29) is 30.4 Å². The Morgan fingerprint density at radius 1 is 0.973 bits per heavy atom. The quantitative estimate of drug-likeness (QED) is 0.529. The molecule has 3 amide bonds. The molecule has 8 nitrogen and oxygen atoms in total. The van der Waals surface area contributed by atoms with Crippen LogP contribution in [0.15, 0.2) is 24.3 Å². The molecule has 4 heterocycles. The lowest BCUT2D eigenvalue weighted by atomic mass is 9.73. The van der Waals surface area contributed by atoms with Gasteiger partial charge < -0.3 is 24.5 Å². The molecule has 6 atom stereocenters. The standard InChI is InChI=1S/C29H43N3O5/c1-4-16-30-17-10-14-28(6-3)22(25(30)34)23-26(35)32(20(5-2)19-33)24-27(36)31(21-12-8-7-9-13-21)18-11-15-29(23,24)37-28/h10-11,14-15,20-24,33H,4-9,12-13,16-19H2,1-3H3/t20-,22+,23-,24?,28-,29-/m0/s1. The van der Waals surface area contributed by atoms with Gasteiger partial charge in [-0.25, -0.2) is 0 Å². The molecule has 5 rings (SSSR count). The third-order valence-corrected chi connectivity index (χ3v) is 9.58. The summed E-state index contributed by atoms with van der Waals surface area (Å²) in [7, 11) is 0. The van der Waals surface area contributed by atoms with Crippen LogP contribution in [0.5, 0.6) is 0 Å². The van der Waals surface area contributed by atoms with Gasteiger partial charge in [0.1, 0.15) is 11.6 Å². The Hall–Kier alpha value is -2.19. The van der Waals surface area contributed by atoms with Gasteiger partial charge >= 0.3 is 0 Å². The number of nitrogens with zero attached hydrogens (tertiary/aromatic N) is 3. The first kappa shape index (κ1) is 26.4. The van der Waals surface area contributed by atoms with Crippen LogP contribution in [0.25, 0.3) is 0 Å². The van der Waals surface area contributed by atoms with Crippen LogP contribution in [0.1, 0.15) is 72.1 Å². The number of carbonyl (C=O) groups is 3. The van der Waals surface area contributed by atoms with Crippen molar-refractivity contribution < 1.29 is 24.2 Å². The summed E-state index contributed by atoms with van der Waals surface area (Å²) in [5.41, 5.74) is -2.19. The summed E-state index contributed by atoms with van der Waals surface area (Å²) in [6, 6.07) is -1.26. The minimum Gasteiger partial charge on any atom is -0.394 e. The van der Waals surface area contributed by atoms with Gasteiger partial charge in [-0.2, -0.15) is 0 Å². The van der Waals surface area contributed by atoms with E-state index >= 15 is 0 Å². The predicted molar refractivity (Wildman–Crippen MR) is 139 cm³/mol. The summed E-state index contributed by atoms with van der Waals surface area (Å²) in [4.78, 5) is 48.4. The van der Waals surface area contributed by atoms with Crippen LogP contribution >= 0.6 is 0 Å². The van der Waals surface area contributed by atoms with Crippen molar-refractivity contribution in [1.82, 2.24) is 14.7 Å². The van der Waals surface area contributed by atoms with Gasteiger partial charge in [-0.05, 0) is 32.1 Å². The fourth-order valence-electron chi connectivity index (χ4n) is 7.77. The number of carbonyl (C=O) groups excluding carboxylic acids is 3. The molecule has 0 aromatic carbocycles. The molecule has 204 valence electrons. The maximum atomic E-state index is 14.5. The zero-order valence-corrected chi connectivity index (χ0v) is 22.6. The van der Waals surface area contributed by atoms with E-state index in [2.05, 4.69) is 0 Å². The van der Waals surface area contributed by atoms with Gasteiger partial charge in [0.25, 0.3) is 0 Å². The smallest absolute Gasteiger partial charge is 0.249 e. The number of amides is 3. The largest absolute Gasteiger partial charge is 0.394 e. The predicted octanol–water partition coefficient (Wildman–Crippen LogP) is 2.66. The second kappa shape index (κ2) is 10.2. The molecule has 3 fully saturated rings. The molecule has 1 aliphatic carbocycles. The molecule has 8 heteroatoms. The van der Waals surface area contributed by atoms with Crippen LogP contribution in [0.3, 0.4) is 0 Å². The number of ether oxygens (including phenoxy) is 1. The van der Waals surface area contributed by atoms with Gasteiger partial charge in [-0.1, -0.05) is 64.3 Å². The van der Waals surface area contributed by atoms with E-state index in [1.165, 1.54) is 6.42 Å². The Bertz CT molecular complexity index is 971. The van der Waals surface area contributed by atoms with E-state index in [0.717, 1.165) is 32.1 Å². The molecule has 1 spiro atoms. The number of hydrogen-bond donors (Lipinski definition) is 1. The van der Waals surface area contributed by atoms with Crippen molar-refractivity contribution in [3.8, 4) is 0 Å². The van der Waals surface area contributed by atoms with Crippen LogP contribution in [0, 0.1) is 11.8 Å². The highest BCUT2D eigenvalue weighted by Crippen LogP contribution is 2.59. The van der Waals surface area contributed by atoms with Crippen molar-refractivity contribution in [3.05, 3.63) is 24.3 Å². The van der Waals surface area contributed by atoms with E-state index in [9.17, 15) is 19.5 Å². The highest BCUT2D eigenvalue weighted by atomic mass is 16.5. The second-order valence-electron chi connectivity index (χ2n) is 11.5. The normalized spacial score (nSPS) is 36.9. The Labute approximate surface area is 220 Å². The monoisotopic (exact) mass is 513 g/mol. The van der Waals surface area contributed by atoms with E-state index in [1.807, 2.05) is 54.9 Å². The molecule has 37 heavy (non-hydrogen) atoms. The molecular weight excluding hydrogens is 470 g/mol. The van der Waals surface area contributed by atoms with Gasteiger partial charge in [0, 0.05) is 25.7 Å². The van der Waals surface area contributed by atoms with E-state index < -0.39 is 35.1 Å². The average Bonchev–Trinajstić information content (AvgIpc) is 3.21. The number of likely N-dealkylation sites (tertiary alicyclic amines) is 1. The lowest BCUT2D eigenvalue weighted by molar-refractivity contribution is -0.158. The summed E-state index contributed by atoms with van der Waals surface area (Å²) in [5.74, 6) is -1.94. The van der Waals surface area contributed by atoms with Crippen molar-refractivity contribution in [1.29, 1.82) is 0 Å². The Kier molecular flexibility index (Phi) is 7.26. The Morgan fingerprint density at radius 2 is 1.70 bits per heavy atom. The average molecular weight is 514 g/mol. The number of hydrogen-bond acceptors (Lipinski definition) is 5. The maximum Gasteiger partial charge on any atom is 0.249 e. The van der Waals surface area contributed by atoms with Gasteiger partial charge in [0.15, 0.2) is 0 Å². The van der Waals surface area contributed by atoms with Crippen molar-refractivity contribution in [2.75, 3.05) is 26.2 Å². The molecule has 1 saturated carbocycles. The fraction of sp³-hybridized carbons (Fsp3) is 0.759. The molecule has 0 aromatic heterocycles. The summed E-state index contributed by atoms with van der Waals surface area (Å²) in [6.07, 6.45) is 15.1. The zero-order valence-electron chi connectivity index (χ0n) is 22.6.